The van der Waals surface area contributed by atoms with Crippen molar-refractivity contribution in [2.45, 2.75) is 0 Å². The summed E-state index contributed by atoms with van der Waals surface area (Å²) in [5.41, 5.74) is 1.00. The van der Waals surface area contributed by atoms with Gasteiger partial charge in [0.05, 0.1) is 15.6 Å². The van der Waals surface area contributed by atoms with Crippen molar-refractivity contribution in [1.29, 1.82) is 0 Å². The van der Waals surface area contributed by atoms with E-state index in [1.165, 1.54) is 22.7 Å². The van der Waals surface area contributed by atoms with Crippen molar-refractivity contribution in [3.63, 3.8) is 0 Å². The van der Waals surface area contributed by atoms with Crippen molar-refractivity contribution in [3.8, 4) is 10.6 Å². The Morgan fingerprint density at radius 2 is 2.36 bits per heavy atom. The fraction of sp³-hybridized carbons (Fsp3) is 0. The molecule has 1 amide bonds. The van der Waals surface area contributed by atoms with Crippen LogP contribution in [-0.4, -0.2) is 11.4 Å². The second-order valence-electron chi connectivity index (χ2n) is 2.49. The molecule has 0 aliphatic rings. The van der Waals surface area contributed by atoms with Crippen LogP contribution >= 0.6 is 34.9 Å². The number of carbonyl (C=O) groups is 1. The molecular weight excluding hydrogens is 236 g/mol. The van der Waals surface area contributed by atoms with Gasteiger partial charge in [-0.15, -0.1) is 22.7 Å². The van der Waals surface area contributed by atoms with Crippen LogP contribution in [0.3, 0.4) is 0 Å². The molecule has 14 heavy (non-hydrogen) atoms. The molecule has 0 atom stereocenters. The quantitative estimate of drug-likeness (QED) is 0.641. The summed E-state index contributed by atoms with van der Waals surface area (Å²) < 4.78 is 0.762. The molecule has 2 rings (SSSR count). The number of hydrogen-bond donors (Lipinski definition) is 2. The van der Waals surface area contributed by atoms with E-state index in [0.29, 0.717) is 6.41 Å². The van der Waals surface area contributed by atoms with Crippen molar-refractivity contribution < 1.29 is 4.79 Å². The fourth-order valence-electron chi connectivity index (χ4n) is 1.02. The van der Waals surface area contributed by atoms with Gasteiger partial charge in [0, 0.05) is 5.38 Å². The maximum atomic E-state index is 10.2. The van der Waals surface area contributed by atoms with Crippen LogP contribution in [0.15, 0.2) is 17.5 Å². The number of rotatable bonds is 3. The predicted molar refractivity (Wildman–Crippen MR) is 62.5 cm³/mol. The maximum absolute atomic E-state index is 10.2. The van der Waals surface area contributed by atoms with Crippen molar-refractivity contribution in [2.75, 3.05) is 5.32 Å². The lowest BCUT2D eigenvalue weighted by Crippen LogP contribution is -1.88. The van der Waals surface area contributed by atoms with Gasteiger partial charge in [0.25, 0.3) is 0 Å². The summed E-state index contributed by atoms with van der Waals surface area (Å²) in [5, 5.41) is 5.41. The maximum Gasteiger partial charge on any atom is 0.212 e. The van der Waals surface area contributed by atoms with E-state index in [4.69, 9.17) is 12.2 Å². The summed E-state index contributed by atoms with van der Waals surface area (Å²) in [5.74, 6) is 0. The number of carbonyl (C=O) groups excluding carboxylic acids is 1. The predicted octanol–water partition coefficient (Wildman–Crippen LogP) is 3.10. The number of thiazole rings is 1. The van der Waals surface area contributed by atoms with Crippen LogP contribution in [0.5, 0.6) is 0 Å². The molecule has 0 aromatic carbocycles. The van der Waals surface area contributed by atoms with Crippen LogP contribution in [0.2, 0.25) is 0 Å². The zero-order valence-electron chi connectivity index (χ0n) is 6.94. The number of aromatic nitrogens is 1. The van der Waals surface area contributed by atoms with Gasteiger partial charge in [-0.2, -0.15) is 0 Å². The molecule has 0 spiro atoms. The average molecular weight is 242 g/mol. The normalized spacial score (nSPS) is 10.0. The van der Waals surface area contributed by atoms with E-state index in [-0.39, 0.29) is 0 Å². The molecule has 0 saturated heterocycles. The molecule has 0 radical (unpaired) electrons. The van der Waals surface area contributed by atoms with Crippen LogP contribution in [0.1, 0.15) is 0 Å². The number of nitrogens with one attached hydrogen (secondary N) is 2. The number of thiophene rings is 1. The first-order valence-corrected chi connectivity index (χ1v) is 5.88. The summed E-state index contributed by atoms with van der Waals surface area (Å²) in [7, 11) is 0. The molecule has 2 heterocycles. The summed E-state index contributed by atoms with van der Waals surface area (Å²) in [6.07, 6.45) is 0.672. The summed E-state index contributed by atoms with van der Waals surface area (Å²) in [6.45, 7) is 0. The van der Waals surface area contributed by atoms with Crippen LogP contribution in [0, 0.1) is 3.95 Å². The van der Waals surface area contributed by atoms with Gasteiger partial charge in [-0.3, -0.25) is 4.79 Å². The minimum Gasteiger partial charge on any atom is -0.336 e. The first-order chi connectivity index (χ1) is 6.79. The van der Waals surface area contributed by atoms with Crippen molar-refractivity contribution in [2.24, 2.45) is 0 Å². The van der Waals surface area contributed by atoms with E-state index in [2.05, 4.69) is 10.3 Å². The van der Waals surface area contributed by atoms with Crippen LogP contribution in [0.25, 0.3) is 10.6 Å². The van der Waals surface area contributed by atoms with Gasteiger partial charge in [-0.05, 0) is 24.4 Å². The van der Waals surface area contributed by atoms with E-state index in [1.54, 1.807) is 0 Å². The Balaban J connectivity index is 2.33. The summed E-state index contributed by atoms with van der Waals surface area (Å²) in [6, 6.07) is 3.81. The van der Waals surface area contributed by atoms with E-state index in [9.17, 15) is 4.79 Å². The lowest BCUT2D eigenvalue weighted by molar-refractivity contribution is -0.105. The second kappa shape index (κ2) is 4.04. The van der Waals surface area contributed by atoms with Crippen LogP contribution < -0.4 is 5.32 Å². The van der Waals surface area contributed by atoms with E-state index >= 15 is 0 Å². The second-order valence-corrected chi connectivity index (χ2v) is 5.12. The number of amides is 1. The monoisotopic (exact) mass is 242 g/mol. The molecule has 0 saturated carbocycles. The van der Waals surface area contributed by atoms with Gasteiger partial charge < -0.3 is 10.3 Å². The zero-order valence-corrected chi connectivity index (χ0v) is 9.39. The van der Waals surface area contributed by atoms with E-state index in [0.717, 1.165) is 19.5 Å². The molecule has 0 aliphatic heterocycles. The molecule has 72 valence electrons. The highest BCUT2D eigenvalue weighted by molar-refractivity contribution is 7.73. The van der Waals surface area contributed by atoms with Gasteiger partial charge in [-0.25, -0.2) is 0 Å². The molecule has 3 nitrogen and oxygen atoms in total. The third kappa shape index (κ3) is 1.92. The highest BCUT2D eigenvalue weighted by Gasteiger charge is 2.03. The molecule has 2 N–H and O–H groups in total. The van der Waals surface area contributed by atoms with Crippen molar-refractivity contribution >= 4 is 46.3 Å². The molecule has 0 aliphatic carbocycles. The van der Waals surface area contributed by atoms with Crippen molar-refractivity contribution in [3.05, 3.63) is 21.5 Å². The highest BCUT2D eigenvalue weighted by atomic mass is 32.1. The molecule has 0 fully saturated rings. The Kier molecular flexibility index (Phi) is 2.76. The van der Waals surface area contributed by atoms with Crippen LogP contribution in [-0.2, 0) is 4.79 Å². The first kappa shape index (κ1) is 9.57. The van der Waals surface area contributed by atoms with Gasteiger partial charge in [0.15, 0.2) is 3.95 Å². The topological polar surface area (TPSA) is 44.9 Å². The Bertz CT molecular complexity index is 496. The highest BCUT2D eigenvalue weighted by Crippen LogP contribution is 2.30. The van der Waals surface area contributed by atoms with Crippen LogP contribution in [0.4, 0.5) is 5.00 Å². The minimum absolute atomic E-state index is 0.672. The Morgan fingerprint density at radius 3 is 3.00 bits per heavy atom. The number of H-pyrrole nitrogens is 1. The SMILES string of the molecule is O=CNc1ccc(-c2csc(=S)[nH]2)s1. The third-order valence-corrected chi connectivity index (χ3v) is 3.70. The van der Waals surface area contributed by atoms with Gasteiger partial charge in [0.2, 0.25) is 6.41 Å². The zero-order chi connectivity index (χ0) is 9.97. The van der Waals surface area contributed by atoms with Gasteiger partial charge in [0.1, 0.15) is 0 Å². The third-order valence-electron chi connectivity index (χ3n) is 1.59. The number of anilines is 1. The Labute approximate surface area is 93.4 Å². The summed E-state index contributed by atoms with van der Waals surface area (Å²) >= 11 is 8.00. The molecular formula is C8H6N2OS3. The molecule has 6 heteroatoms. The Hall–Kier alpha value is -0.980. The van der Waals surface area contributed by atoms with E-state index < -0.39 is 0 Å². The average Bonchev–Trinajstić information content (AvgIpc) is 2.74. The number of hydrogen-bond acceptors (Lipinski definition) is 4. The number of aromatic amines is 1. The van der Waals surface area contributed by atoms with Crippen molar-refractivity contribution in [1.82, 2.24) is 4.98 Å². The van der Waals surface area contributed by atoms with E-state index in [1.807, 2.05) is 17.5 Å². The molecule has 2 aromatic heterocycles. The molecule has 2 aromatic rings. The van der Waals surface area contributed by atoms with Gasteiger partial charge >= 0.3 is 0 Å². The summed E-state index contributed by atoms with van der Waals surface area (Å²) in [4.78, 5) is 14.3. The fourth-order valence-corrected chi connectivity index (χ4v) is 2.76. The largest absolute Gasteiger partial charge is 0.336 e. The molecule has 0 bridgehead atoms. The standard InChI is InChI=1S/C8H6N2OS3/c11-4-9-7-2-1-6(14-7)5-3-13-8(12)10-5/h1-4H,(H,9,11)(H,10,12). The minimum atomic E-state index is 0.672. The molecule has 0 unspecified atom stereocenters. The first-order valence-electron chi connectivity index (χ1n) is 3.78. The lowest BCUT2D eigenvalue weighted by atomic mass is 10.4. The smallest absolute Gasteiger partial charge is 0.212 e. The lowest BCUT2D eigenvalue weighted by Gasteiger charge is -1.89. The van der Waals surface area contributed by atoms with Gasteiger partial charge in [-0.1, -0.05) is 0 Å². The Morgan fingerprint density at radius 1 is 1.50 bits per heavy atom.